The molecule has 3 aromatic rings. The van der Waals surface area contributed by atoms with Crippen LogP contribution in [0, 0.1) is 5.95 Å². The Morgan fingerprint density at radius 3 is 2.35 bits per heavy atom. The number of hydrogen-bond donors (Lipinski definition) is 2. The van der Waals surface area contributed by atoms with Crippen molar-refractivity contribution in [1.82, 2.24) is 15.2 Å². The lowest BCUT2D eigenvalue weighted by Gasteiger charge is -2.38. The standard InChI is InChI=1S/C27H30FN5O/c1-17(2)32-11-13-33(14-12-32)21-6-3-18(4-7-21)23-16-24(26(29)31-25(23)28)19-5-8-22-20(15-19)9-10-30-27(22)34/h3-8,15-17H,9-14H2,1-2H3,(H2,29,31)(H,30,34). The molecule has 34 heavy (non-hydrogen) atoms. The fraction of sp³-hybridized carbons (Fsp3) is 0.333. The summed E-state index contributed by atoms with van der Waals surface area (Å²) in [4.78, 5) is 20.9. The zero-order valence-electron chi connectivity index (χ0n) is 19.6. The first kappa shape index (κ1) is 22.3. The first-order valence-corrected chi connectivity index (χ1v) is 11.9. The Hall–Kier alpha value is -3.45. The van der Waals surface area contributed by atoms with Gasteiger partial charge in [0.15, 0.2) is 0 Å². The molecule has 3 heterocycles. The van der Waals surface area contributed by atoms with Crippen LogP contribution in [0.5, 0.6) is 0 Å². The number of aromatic nitrogens is 1. The average Bonchev–Trinajstić information content (AvgIpc) is 2.84. The van der Waals surface area contributed by atoms with Crippen LogP contribution in [0.15, 0.2) is 48.5 Å². The average molecular weight is 460 g/mol. The number of halogens is 1. The molecule has 5 rings (SSSR count). The molecule has 0 spiro atoms. The first-order valence-electron chi connectivity index (χ1n) is 11.9. The Morgan fingerprint density at radius 2 is 1.65 bits per heavy atom. The van der Waals surface area contributed by atoms with Crippen molar-refractivity contribution in [3.05, 3.63) is 65.6 Å². The predicted molar refractivity (Wildman–Crippen MR) is 134 cm³/mol. The highest BCUT2D eigenvalue weighted by Gasteiger charge is 2.21. The number of anilines is 2. The number of carbonyl (C=O) groups excluding carboxylic acids is 1. The van der Waals surface area contributed by atoms with Gasteiger partial charge >= 0.3 is 0 Å². The Balaban J connectivity index is 1.42. The number of benzene rings is 2. The van der Waals surface area contributed by atoms with E-state index < -0.39 is 5.95 Å². The molecule has 0 atom stereocenters. The number of nitrogens with two attached hydrogens (primary N) is 1. The van der Waals surface area contributed by atoms with Crippen LogP contribution in [0.2, 0.25) is 0 Å². The van der Waals surface area contributed by atoms with Crippen LogP contribution in [0.3, 0.4) is 0 Å². The number of amides is 1. The van der Waals surface area contributed by atoms with Gasteiger partial charge in [-0.1, -0.05) is 24.3 Å². The molecule has 1 saturated heterocycles. The van der Waals surface area contributed by atoms with Crippen LogP contribution in [0.25, 0.3) is 22.3 Å². The summed E-state index contributed by atoms with van der Waals surface area (Å²) in [5.41, 5.74) is 11.6. The van der Waals surface area contributed by atoms with Crippen molar-refractivity contribution in [2.45, 2.75) is 26.3 Å². The number of nitrogens with zero attached hydrogens (tertiary/aromatic N) is 3. The summed E-state index contributed by atoms with van der Waals surface area (Å²) >= 11 is 0. The summed E-state index contributed by atoms with van der Waals surface area (Å²) in [6.45, 7) is 9.12. The van der Waals surface area contributed by atoms with Gasteiger partial charge < -0.3 is 16.0 Å². The van der Waals surface area contributed by atoms with E-state index >= 15 is 0 Å². The van der Waals surface area contributed by atoms with E-state index in [-0.39, 0.29) is 11.7 Å². The molecule has 1 amide bonds. The van der Waals surface area contributed by atoms with Crippen LogP contribution in [0.1, 0.15) is 29.8 Å². The lowest BCUT2D eigenvalue weighted by atomic mass is 9.94. The summed E-state index contributed by atoms with van der Waals surface area (Å²) in [7, 11) is 0. The molecule has 176 valence electrons. The second kappa shape index (κ2) is 9.06. The normalized spacial score (nSPS) is 16.5. The lowest BCUT2D eigenvalue weighted by molar-refractivity contribution is 0.0946. The Bertz CT molecular complexity index is 1220. The van der Waals surface area contributed by atoms with Crippen LogP contribution in [-0.2, 0) is 6.42 Å². The number of rotatable bonds is 4. The first-order chi connectivity index (χ1) is 16.4. The van der Waals surface area contributed by atoms with Crippen LogP contribution in [0.4, 0.5) is 15.9 Å². The maximum atomic E-state index is 14.9. The highest BCUT2D eigenvalue weighted by molar-refractivity contribution is 5.97. The van der Waals surface area contributed by atoms with Gasteiger partial charge in [0, 0.05) is 61.1 Å². The molecular weight excluding hydrogens is 429 g/mol. The summed E-state index contributed by atoms with van der Waals surface area (Å²) in [6.07, 6.45) is 0.753. The summed E-state index contributed by atoms with van der Waals surface area (Å²) in [5.74, 6) is -0.512. The van der Waals surface area contributed by atoms with E-state index in [9.17, 15) is 9.18 Å². The van der Waals surface area contributed by atoms with E-state index in [0.29, 0.717) is 29.3 Å². The third-order valence-corrected chi connectivity index (χ3v) is 6.93. The number of fused-ring (bicyclic) bond motifs is 1. The second-order valence-corrected chi connectivity index (χ2v) is 9.30. The van der Waals surface area contributed by atoms with E-state index in [0.717, 1.165) is 55.0 Å². The van der Waals surface area contributed by atoms with Gasteiger partial charge in [0.05, 0.1) is 0 Å². The van der Waals surface area contributed by atoms with Gasteiger partial charge in [-0.2, -0.15) is 4.39 Å². The van der Waals surface area contributed by atoms with Gasteiger partial charge in [0.2, 0.25) is 5.95 Å². The molecule has 2 aromatic carbocycles. The van der Waals surface area contributed by atoms with Gasteiger partial charge in [0.25, 0.3) is 5.91 Å². The van der Waals surface area contributed by atoms with E-state index in [1.54, 1.807) is 12.1 Å². The molecule has 3 N–H and O–H groups in total. The fourth-order valence-electron chi connectivity index (χ4n) is 4.88. The van der Waals surface area contributed by atoms with Gasteiger partial charge in [0.1, 0.15) is 5.82 Å². The van der Waals surface area contributed by atoms with Crippen molar-refractivity contribution in [3.63, 3.8) is 0 Å². The number of piperazine rings is 1. The summed E-state index contributed by atoms with van der Waals surface area (Å²) in [6, 6.07) is 15.9. The Labute approximate surface area is 199 Å². The van der Waals surface area contributed by atoms with Crippen LogP contribution >= 0.6 is 0 Å². The van der Waals surface area contributed by atoms with Crippen molar-refractivity contribution in [2.75, 3.05) is 43.4 Å². The Kier molecular flexibility index (Phi) is 5.96. The number of hydrogen-bond acceptors (Lipinski definition) is 5. The van der Waals surface area contributed by atoms with Gasteiger partial charge in [-0.15, -0.1) is 0 Å². The van der Waals surface area contributed by atoms with Crippen LogP contribution < -0.4 is 16.0 Å². The number of carbonyl (C=O) groups is 1. The molecule has 0 saturated carbocycles. The minimum atomic E-state index is -0.586. The third-order valence-electron chi connectivity index (χ3n) is 6.93. The summed E-state index contributed by atoms with van der Waals surface area (Å²) < 4.78 is 14.9. The van der Waals surface area contributed by atoms with Crippen LogP contribution in [-0.4, -0.2) is 54.6 Å². The molecule has 1 fully saturated rings. The van der Waals surface area contributed by atoms with E-state index in [2.05, 4.69) is 33.9 Å². The van der Waals surface area contributed by atoms with Crippen molar-refractivity contribution < 1.29 is 9.18 Å². The number of nitrogens with one attached hydrogen (secondary N) is 1. The molecule has 0 bridgehead atoms. The molecule has 0 aliphatic carbocycles. The van der Waals surface area contributed by atoms with Crippen molar-refractivity contribution in [2.24, 2.45) is 0 Å². The van der Waals surface area contributed by atoms with Crippen molar-refractivity contribution in [1.29, 1.82) is 0 Å². The topological polar surface area (TPSA) is 74.5 Å². The number of pyridine rings is 1. The van der Waals surface area contributed by atoms with Crippen molar-refractivity contribution in [3.8, 4) is 22.3 Å². The second-order valence-electron chi connectivity index (χ2n) is 9.30. The van der Waals surface area contributed by atoms with Gasteiger partial charge in [-0.25, -0.2) is 4.98 Å². The van der Waals surface area contributed by atoms with E-state index in [4.69, 9.17) is 5.73 Å². The fourth-order valence-corrected chi connectivity index (χ4v) is 4.88. The molecule has 6 nitrogen and oxygen atoms in total. The quantitative estimate of drug-likeness (QED) is 0.578. The molecule has 0 radical (unpaired) electrons. The van der Waals surface area contributed by atoms with E-state index in [1.165, 1.54) is 0 Å². The molecular formula is C27H30FN5O. The van der Waals surface area contributed by atoms with Gasteiger partial charge in [-0.05, 0) is 61.2 Å². The minimum Gasteiger partial charge on any atom is -0.383 e. The maximum absolute atomic E-state index is 14.9. The summed E-state index contributed by atoms with van der Waals surface area (Å²) in [5, 5.41) is 2.85. The molecule has 0 unspecified atom stereocenters. The zero-order chi connectivity index (χ0) is 23.8. The minimum absolute atomic E-state index is 0.0654. The SMILES string of the molecule is CC(C)N1CCN(c2ccc(-c3cc(-c4ccc5c(c4)CCNC5=O)c(N)nc3F)cc2)CC1. The zero-order valence-corrected chi connectivity index (χ0v) is 19.6. The molecule has 2 aliphatic rings. The Morgan fingerprint density at radius 1 is 0.941 bits per heavy atom. The number of nitrogen functional groups attached to an aromatic ring is 1. The highest BCUT2D eigenvalue weighted by atomic mass is 19.1. The lowest BCUT2D eigenvalue weighted by Crippen LogP contribution is -2.48. The van der Waals surface area contributed by atoms with E-state index in [1.807, 2.05) is 36.4 Å². The molecule has 1 aromatic heterocycles. The monoisotopic (exact) mass is 459 g/mol. The maximum Gasteiger partial charge on any atom is 0.251 e. The smallest absolute Gasteiger partial charge is 0.251 e. The van der Waals surface area contributed by atoms with Gasteiger partial charge in [-0.3, -0.25) is 9.69 Å². The highest BCUT2D eigenvalue weighted by Crippen LogP contribution is 2.34. The predicted octanol–water partition coefficient (Wildman–Crippen LogP) is 3.95. The van der Waals surface area contributed by atoms with Crippen molar-refractivity contribution >= 4 is 17.4 Å². The third kappa shape index (κ3) is 4.23. The molecule has 2 aliphatic heterocycles. The molecule has 7 heteroatoms. The largest absolute Gasteiger partial charge is 0.383 e.